The number of nitrogens with one attached hydrogen (secondary N) is 1. The highest BCUT2D eigenvalue weighted by atomic mass is 32.2. The van der Waals surface area contributed by atoms with Crippen LogP contribution in [0.1, 0.15) is 36.5 Å². The molecule has 10 heteroatoms. The summed E-state index contributed by atoms with van der Waals surface area (Å²) < 4.78 is 38.2. The molecule has 1 saturated heterocycles. The van der Waals surface area contributed by atoms with Crippen molar-refractivity contribution in [3.63, 3.8) is 0 Å². The fourth-order valence-corrected chi connectivity index (χ4v) is 5.42. The summed E-state index contributed by atoms with van der Waals surface area (Å²) in [4.78, 5) is 12.7. The Morgan fingerprint density at radius 1 is 1.12 bits per heavy atom. The summed E-state index contributed by atoms with van der Waals surface area (Å²) in [5, 5.41) is 10.3. The van der Waals surface area contributed by atoms with Gasteiger partial charge in [0.15, 0.2) is 0 Å². The summed E-state index contributed by atoms with van der Waals surface area (Å²) in [7, 11) is -2.06. The van der Waals surface area contributed by atoms with Crippen molar-refractivity contribution in [3.05, 3.63) is 54.1 Å². The summed E-state index contributed by atoms with van der Waals surface area (Å²) >= 11 is 0. The van der Waals surface area contributed by atoms with Crippen LogP contribution in [0.3, 0.4) is 0 Å². The van der Waals surface area contributed by atoms with E-state index in [1.807, 2.05) is 13.0 Å². The number of nitrogens with zero attached hydrogens (tertiary/aromatic N) is 3. The molecule has 3 aromatic rings. The van der Waals surface area contributed by atoms with Crippen LogP contribution in [-0.4, -0.2) is 48.5 Å². The number of ether oxygens (including phenoxy) is 1. The topological polar surface area (TPSA) is 115 Å². The van der Waals surface area contributed by atoms with E-state index in [-0.39, 0.29) is 28.4 Å². The number of rotatable bonds is 6. The van der Waals surface area contributed by atoms with E-state index >= 15 is 0 Å². The molecule has 1 N–H and O–H groups in total. The molecule has 9 nitrogen and oxygen atoms in total. The molecular formula is C22H24N4O5S. The first-order chi connectivity index (χ1) is 15.4. The zero-order chi connectivity index (χ0) is 22.7. The van der Waals surface area contributed by atoms with E-state index in [0.29, 0.717) is 17.9 Å². The van der Waals surface area contributed by atoms with Crippen LogP contribution in [0.4, 0.5) is 6.01 Å². The summed E-state index contributed by atoms with van der Waals surface area (Å²) in [5.41, 5.74) is 0.872. The third-order valence-electron chi connectivity index (χ3n) is 5.45. The molecule has 1 atom stereocenters. The zero-order valence-corrected chi connectivity index (χ0v) is 18.6. The standard InChI is InChI=1S/C22H24N4O5S/c1-15-7-5-6-14-26(15)32(28,29)17-12-10-16(11-13-17)20(27)23-22-25-24-21(31-22)18-8-3-4-9-19(18)30-2/h3-4,8-13,15H,5-7,14H2,1-2H3,(H,23,25,27)/t15-/m0/s1. The molecule has 0 bridgehead atoms. The maximum atomic E-state index is 12.9. The zero-order valence-electron chi connectivity index (χ0n) is 17.8. The number of aromatic nitrogens is 2. The predicted octanol–water partition coefficient (Wildman–Crippen LogP) is 3.56. The molecule has 168 valence electrons. The van der Waals surface area contributed by atoms with Gasteiger partial charge in [0.1, 0.15) is 5.75 Å². The predicted molar refractivity (Wildman–Crippen MR) is 118 cm³/mol. The second kappa shape index (κ2) is 9.09. The molecule has 4 rings (SSSR count). The number of methoxy groups -OCH3 is 1. The first-order valence-corrected chi connectivity index (χ1v) is 11.7. The quantitative estimate of drug-likeness (QED) is 0.603. The first kappa shape index (κ1) is 22.0. The Kier molecular flexibility index (Phi) is 6.24. The molecule has 2 aromatic carbocycles. The van der Waals surface area contributed by atoms with Crippen molar-refractivity contribution in [2.75, 3.05) is 19.0 Å². The molecule has 1 aliphatic heterocycles. The number of piperidine rings is 1. The molecule has 2 heterocycles. The molecule has 0 radical (unpaired) electrons. The number of para-hydroxylation sites is 1. The number of carbonyl (C=O) groups is 1. The van der Waals surface area contributed by atoms with E-state index in [1.54, 1.807) is 18.2 Å². The van der Waals surface area contributed by atoms with Crippen LogP contribution < -0.4 is 10.1 Å². The van der Waals surface area contributed by atoms with Gasteiger partial charge in [-0.3, -0.25) is 10.1 Å². The van der Waals surface area contributed by atoms with Gasteiger partial charge in [-0.05, 0) is 56.2 Å². The molecule has 1 aliphatic rings. The van der Waals surface area contributed by atoms with Crippen molar-refractivity contribution in [3.8, 4) is 17.2 Å². The van der Waals surface area contributed by atoms with Crippen LogP contribution >= 0.6 is 0 Å². The molecule has 1 amide bonds. The van der Waals surface area contributed by atoms with Crippen molar-refractivity contribution in [1.29, 1.82) is 0 Å². The van der Waals surface area contributed by atoms with Gasteiger partial charge >= 0.3 is 6.01 Å². The normalized spacial score (nSPS) is 17.1. The van der Waals surface area contributed by atoms with Gasteiger partial charge in [0.2, 0.25) is 10.0 Å². The highest BCUT2D eigenvalue weighted by Gasteiger charge is 2.31. The van der Waals surface area contributed by atoms with E-state index in [4.69, 9.17) is 9.15 Å². The van der Waals surface area contributed by atoms with E-state index in [0.717, 1.165) is 19.3 Å². The van der Waals surface area contributed by atoms with Gasteiger partial charge < -0.3 is 9.15 Å². The molecule has 1 fully saturated rings. The van der Waals surface area contributed by atoms with Gasteiger partial charge in [0, 0.05) is 18.2 Å². The third kappa shape index (κ3) is 4.37. The number of amides is 1. The van der Waals surface area contributed by atoms with Crippen molar-refractivity contribution in [2.24, 2.45) is 0 Å². The Morgan fingerprint density at radius 3 is 2.59 bits per heavy atom. The Morgan fingerprint density at radius 2 is 1.88 bits per heavy atom. The summed E-state index contributed by atoms with van der Waals surface area (Å²) in [6.07, 6.45) is 2.73. The molecular weight excluding hydrogens is 432 g/mol. The molecule has 0 unspecified atom stereocenters. The first-order valence-electron chi connectivity index (χ1n) is 10.3. The summed E-state index contributed by atoms with van der Waals surface area (Å²) in [6.45, 7) is 2.43. The van der Waals surface area contributed by atoms with Crippen molar-refractivity contribution in [1.82, 2.24) is 14.5 Å². The van der Waals surface area contributed by atoms with Crippen molar-refractivity contribution in [2.45, 2.75) is 37.1 Å². The fraction of sp³-hybridized carbons (Fsp3) is 0.318. The van der Waals surface area contributed by atoms with E-state index in [9.17, 15) is 13.2 Å². The number of benzene rings is 2. The molecule has 0 aliphatic carbocycles. The van der Waals surface area contributed by atoms with E-state index in [1.165, 1.54) is 35.7 Å². The van der Waals surface area contributed by atoms with Gasteiger partial charge in [-0.25, -0.2) is 8.42 Å². The number of hydrogen-bond acceptors (Lipinski definition) is 7. The van der Waals surface area contributed by atoms with Gasteiger partial charge in [-0.2, -0.15) is 4.31 Å². The number of sulfonamides is 1. The van der Waals surface area contributed by atoms with Crippen LogP contribution in [0.2, 0.25) is 0 Å². The largest absolute Gasteiger partial charge is 0.496 e. The monoisotopic (exact) mass is 456 g/mol. The van der Waals surface area contributed by atoms with Crippen LogP contribution in [0.25, 0.3) is 11.5 Å². The second-order valence-corrected chi connectivity index (χ2v) is 9.44. The highest BCUT2D eigenvalue weighted by molar-refractivity contribution is 7.89. The smallest absolute Gasteiger partial charge is 0.322 e. The number of hydrogen-bond donors (Lipinski definition) is 1. The lowest BCUT2D eigenvalue weighted by Crippen LogP contribution is -2.41. The van der Waals surface area contributed by atoms with Gasteiger partial charge in [0.25, 0.3) is 11.8 Å². The van der Waals surface area contributed by atoms with Crippen molar-refractivity contribution < 1.29 is 22.4 Å². The van der Waals surface area contributed by atoms with Crippen LogP contribution in [0.5, 0.6) is 5.75 Å². The SMILES string of the molecule is COc1ccccc1-c1nnc(NC(=O)c2ccc(S(=O)(=O)N3CCCC[C@@H]3C)cc2)o1. The van der Waals surface area contributed by atoms with Crippen LogP contribution in [0.15, 0.2) is 57.8 Å². The maximum Gasteiger partial charge on any atom is 0.322 e. The molecule has 0 saturated carbocycles. The van der Waals surface area contributed by atoms with Gasteiger partial charge in [-0.15, -0.1) is 5.10 Å². The molecule has 1 aromatic heterocycles. The third-order valence-corrected chi connectivity index (χ3v) is 7.48. The number of anilines is 1. The lowest BCUT2D eigenvalue weighted by Gasteiger charge is -2.32. The maximum absolute atomic E-state index is 12.9. The van der Waals surface area contributed by atoms with Crippen LogP contribution in [-0.2, 0) is 10.0 Å². The Balaban J connectivity index is 1.47. The Labute approximate surface area is 186 Å². The Hall–Kier alpha value is -3.24. The fourth-order valence-electron chi connectivity index (χ4n) is 3.72. The van der Waals surface area contributed by atoms with Crippen LogP contribution in [0, 0.1) is 0 Å². The Bertz CT molecular complexity index is 1210. The van der Waals surface area contributed by atoms with E-state index in [2.05, 4.69) is 15.5 Å². The minimum Gasteiger partial charge on any atom is -0.496 e. The lowest BCUT2D eigenvalue weighted by molar-refractivity contribution is 0.102. The minimum absolute atomic E-state index is 0.0355. The second-order valence-electron chi connectivity index (χ2n) is 7.55. The van der Waals surface area contributed by atoms with Crippen molar-refractivity contribution >= 4 is 21.9 Å². The highest BCUT2D eigenvalue weighted by Crippen LogP contribution is 2.29. The summed E-state index contributed by atoms with van der Waals surface area (Å²) in [6, 6.07) is 12.9. The summed E-state index contributed by atoms with van der Waals surface area (Å²) in [5.74, 6) is 0.277. The van der Waals surface area contributed by atoms with E-state index < -0.39 is 15.9 Å². The van der Waals surface area contributed by atoms with Gasteiger partial charge in [-0.1, -0.05) is 23.7 Å². The number of carbonyl (C=O) groups excluding carboxylic acids is 1. The average molecular weight is 457 g/mol. The molecule has 0 spiro atoms. The average Bonchev–Trinajstić information content (AvgIpc) is 3.27. The minimum atomic E-state index is -3.60. The lowest BCUT2D eigenvalue weighted by atomic mass is 10.1. The van der Waals surface area contributed by atoms with Gasteiger partial charge in [0.05, 0.1) is 17.6 Å². The molecule has 32 heavy (non-hydrogen) atoms.